The molecule has 2 N–H and O–H groups in total. The zero-order valence-corrected chi connectivity index (χ0v) is 16.9. The predicted octanol–water partition coefficient (Wildman–Crippen LogP) is 4.24. The van der Waals surface area contributed by atoms with Crippen molar-refractivity contribution in [2.45, 2.75) is 26.3 Å². The van der Waals surface area contributed by atoms with Crippen molar-refractivity contribution in [1.29, 1.82) is 0 Å². The van der Waals surface area contributed by atoms with E-state index in [1.807, 2.05) is 0 Å². The van der Waals surface area contributed by atoms with Crippen LogP contribution in [0.15, 0.2) is 30.5 Å². The first-order chi connectivity index (χ1) is 10.9. The molecule has 0 aliphatic carbocycles. The Bertz CT molecular complexity index is 681. The van der Waals surface area contributed by atoms with Gasteiger partial charge in [-0.15, -0.1) is 36.2 Å². The Morgan fingerprint density at radius 3 is 2.56 bits per heavy atom. The maximum atomic E-state index is 13.8. The van der Waals surface area contributed by atoms with Crippen molar-refractivity contribution in [3.05, 3.63) is 41.2 Å². The van der Waals surface area contributed by atoms with E-state index in [1.165, 1.54) is 23.6 Å². The van der Waals surface area contributed by atoms with Gasteiger partial charge >= 0.3 is 0 Å². The maximum absolute atomic E-state index is 13.8. The number of halogens is 3. The average Bonchev–Trinajstić information content (AvgIpc) is 3.01. The van der Waals surface area contributed by atoms with Gasteiger partial charge in [-0.1, -0.05) is 26.0 Å². The van der Waals surface area contributed by atoms with E-state index in [0.717, 1.165) is 6.42 Å². The minimum atomic E-state index is -0.336. The van der Waals surface area contributed by atoms with Crippen molar-refractivity contribution in [3.8, 4) is 10.6 Å². The fraction of sp³-hybridized carbons (Fsp3) is 0.412. The van der Waals surface area contributed by atoms with Crippen LogP contribution in [0.5, 0.6) is 0 Å². The number of thiazole rings is 1. The van der Waals surface area contributed by atoms with Crippen LogP contribution in [0.2, 0.25) is 0 Å². The lowest BCUT2D eigenvalue weighted by Crippen LogP contribution is -2.34. The standard InChI is InChI=1S/C17H22FN3OS.2ClH/c1-11(2)14(19)8-9-21(3)17(22)15-10-20-16(23-15)12-6-4-5-7-13(12)18;;/h4-7,10-11,14H,8-9,19H2,1-3H3;2*1H. The number of amides is 1. The first-order valence-electron chi connectivity index (χ1n) is 7.62. The molecule has 4 nitrogen and oxygen atoms in total. The van der Waals surface area contributed by atoms with Crippen LogP contribution in [-0.2, 0) is 0 Å². The molecule has 2 rings (SSSR count). The number of nitrogens with zero attached hydrogens (tertiary/aromatic N) is 2. The molecule has 0 aliphatic heterocycles. The Kier molecular flexibility index (Phi) is 10.2. The van der Waals surface area contributed by atoms with Crippen LogP contribution < -0.4 is 5.73 Å². The molecule has 0 radical (unpaired) electrons. The highest BCUT2D eigenvalue weighted by Crippen LogP contribution is 2.27. The van der Waals surface area contributed by atoms with Gasteiger partial charge in [0.25, 0.3) is 5.91 Å². The lowest BCUT2D eigenvalue weighted by Gasteiger charge is -2.20. The molecule has 1 unspecified atom stereocenters. The lowest BCUT2D eigenvalue weighted by atomic mass is 10.0. The van der Waals surface area contributed by atoms with E-state index in [1.54, 1.807) is 30.1 Å². The molecule has 2 aromatic rings. The second-order valence-electron chi connectivity index (χ2n) is 5.93. The van der Waals surface area contributed by atoms with Crippen molar-refractivity contribution in [1.82, 2.24) is 9.88 Å². The van der Waals surface area contributed by atoms with E-state index in [4.69, 9.17) is 5.73 Å². The summed E-state index contributed by atoms with van der Waals surface area (Å²) >= 11 is 1.20. The first kappa shape index (κ1) is 23.8. The Hall–Kier alpha value is -1.21. The summed E-state index contributed by atoms with van der Waals surface area (Å²) in [6.45, 7) is 4.72. The van der Waals surface area contributed by atoms with Crippen LogP contribution >= 0.6 is 36.2 Å². The summed E-state index contributed by atoms with van der Waals surface area (Å²) in [5, 5.41) is 0.513. The fourth-order valence-corrected chi connectivity index (χ4v) is 3.04. The molecule has 25 heavy (non-hydrogen) atoms. The van der Waals surface area contributed by atoms with Gasteiger partial charge in [0.05, 0.1) is 6.20 Å². The highest BCUT2D eigenvalue weighted by atomic mass is 35.5. The molecule has 1 amide bonds. The van der Waals surface area contributed by atoms with Gasteiger partial charge in [-0.05, 0) is 24.5 Å². The molecule has 1 aromatic carbocycles. The van der Waals surface area contributed by atoms with Gasteiger partial charge in [0.2, 0.25) is 0 Å². The second kappa shape index (κ2) is 10.7. The molecule has 0 fully saturated rings. The van der Waals surface area contributed by atoms with Crippen LogP contribution in [0.1, 0.15) is 29.9 Å². The molecule has 1 heterocycles. The van der Waals surface area contributed by atoms with Gasteiger partial charge in [-0.3, -0.25) is 4.79 Å². The van der Waals surface area contributed by atoms with Crippen LogP contribution in [0.25, 0.3) is 10.6 Å². The molecule has 140 valence electrons. The molecule has 0 aliphatic rings. The molecule has 1 atom stereocenters. The SMILES string of the molecule is CC(C)C(N)CCN(C)C(=O)c1cnc(-c2ccccc2F)s1.Cl.Cl. The number of hydrogen-bond donors (Lipinski definition) is 1. The molecule has 0 spiro atoms. The summed E-state index contributed by atoms with van der Waals surface area (Å²) in [6, 6.07) is 6.50. The third-order valence-corrected chi connectivity index (χ3v) is 4.84. The van der Waals surface area contributed by atoms with Gasteiger partial charge in [-0.2, -0.15) is 0 Å². The number of rotatable bonds is 6. The van der Waals surface area contributed by atoms with E-state index in [-0.39, 0.29) is 42.6 Å². The molecule has 0 bridgehead atoms. The van der Waals surface area contributed by atoms with E-state index < -0.39 is 0 Å². The summed E-state index contributed by atoms with van der Waals surface area (Å²) in [7, 11) is 1.75. The average molecular weight is 408 g/mol. The van der Waals surface area contributed by atoms with Crippen molar-refractivity contribution in [2.75, 3.05) is 13.6 Å². The third-order valence-electron chi connectivity index (χ3n) is 3.82. The second-order valence-corrected chi connectivity index (χ2v) is 6.96. The lowest BCUT2D eigenvalue weighted by molar-refractivity contribution is 0.0793. The van der Waals surface area contributed by atoms with Gasteiger partial charge < -0.3 is 10.6 Å². The predicted molar refractivity (Wildman–Crippen MR) is 106 cm³/mol. The van der Waals surface area contributed by atoms with Crippen LogP contribution in [0.3, 0.4) is 0 Å². The number of carbonyl (C=O) groups is 1. The van der Waals surface area contributed by atoms with Gasteiger partial charge in [0.1, 0.15) is 15.7 Å². The minimum absolute atomic E-state index is 0. The van der Waals surface area contributed by atoms with Gasteiger partial charge in [0.15, 0.2) is 0 Å². The molecular weight excluding hydrogens is 384 g/mol. The quantitative estimate of drug-likeness (QED) is 0.778. The summed E-state index contributed by atoms with van der Waals surface area (Å²) in [5.41, 5.74) is 6.43. The van der Waals surface area contributed by atoms with Crippen LogP contribution in [0.4, 0.5) is 4.39 Å². The van der Waals surface area contributed by atoms with Crippen molar-refractivity contribution < 1.29 is 9.18 Å². The highest BCUT2D eigenvalue weighted by molar-refractivity contribution is 7.16. The Morgan fingerprint density at radius 2 is 1.96 bits per heavy atom. The molecular formula is C17H24Cl2FN3OS. The van der Waals surface area contributed by atoms with Crippen molar-refractivity contribution in [3.63, 3.8) is 0 Å². The van der Waals surface area contributed by atoms with E-state index in [0.29, 0.717) is 27.9 Å². The van der Waals surface area contributed by atoms with Crippen LogP contribution in [0, 0.1) is 11.7 Å². The first-order valence-corrected chi connectivity index (χ1v) is 8.43. The smallest absolute Gasteiger partial charge is 0.265 e. The number of aromatic nitrogens is 1. The number of benzene rings is 1. The topological polar surface area (TPSA) is 59.2 Å². The van der Waals surface area contributed by atoms with Gasteiger partial charge in [-0.25, -0.2) is 9.37 Å². The molecule has 0 saturated heterocycles. The monoisotopic (exact) mass is 407 g/mol. The normalized spacial score (nSPS) is 11.4. The summed E-state index contributed by atoms with van der Waals surface area (Å²) in [5.74, 6) is -0.0623. The Morgan fingerprint density at radius 1 is 1.32 bits per heavy atom. The van der Waals surface area contributed by atoms with E-state index in [2.05, 4.69) is 18.8 Å². The fourth-order valence-electron chi connectivity index (χ4n) is 2.10. The number of nitrogens with two attached hydrogens (primary N) is 1. The van der Waals surface area contributed by atoms with E-state index in [9.17, 15) is 9.18 Å². The number of hydrogen-bond acceptors (Lipinski definition) is 4. The van der Waals surface area contributed by atoms with Crippen molar-refractivity contribution in [2.24, 2.45) is 11.7 Å². The number of carbonyl (C=O) groups excluding carboxylic acids is 1. The van der Waals surface area contributed by atoms with Crippen molar-refractivity contribution >= 4 is 42.1 Å². The highest BCUT2D eigenvalue weighted by Gasteiger charge is 2.18. The summed E-state index contributed by atoms with van der Waals surface area (Å²) < 4.78 is 13.8. The van der Waals surface area contributed by atoms with Crippen LogP contribution in [-0.4, -0.2) is 35.4 Å². The summed E-state index contributed by atoms with van der Waals surface area (Å²) in [6.07, 6.45) is 2.26. The minimum Gasteiger partial charge on any atom is -0.341 e. The third kappa shape index (κ3) is 6.22. The van der Waals surface area contributed by atoms with E-state index >= 15 is 0 Å². The zero-order chi connectivity index (χ0) is 17.0. The Labute approximate surface area is 164 Å². The zero-order valence-electron chi connectivity index (χ0n) is 14.4. The molecule has 8 heteroatoms. The Balaban J connectivity index is 0.00000288. The largest absolute Gasteiger partial charge is 0.341 e. The molecule has 0 saturated carbocycles. The van der Waals surface area contributed by atoms with Gasteiger partial charge in [0, 0.05) is 25.2 Å². The maximum Gasteiger partial charge on any atom is 0.265 e. The molecule has 1 aromatic heterocycles. The summed E-state index contributed by atoms with van der Waals surface area (Å²) in [4.78, 5) is 18.7.